The van der Waals surface area contributed by atoms with Crippen LogP contribution in [0.1, 0.15) is 122 Å². The Hall–Kier alpha value is -2.58. The number of benzene rings is 1. The summed E-state index contributed by atoms with van der Waals surface area (Å²) in [6.07, 6.45) is 4.63. The Labute approximate surface area is 240 Å². The van der Waals surface area contributed by atoms with Crippen molar-refractivity contribution in [3.05, 3.63) is 57.1 Å². The molecule has 0 radical (unpaired) electrons. The fraction of sp³-hybridized carbons (Fsp3) is 0.656. The first-order valence-electron chi connectivity index (χ1n) is 15.5. The van der Waals surface area contributed by atoms with Gasteiger partial charge in [0.05, 0.1) is 5.69 Å². The first-order valence-corrected chi connectivity index (χ1v) is 15.5. The van der Waals surface area contributed by atoms with Gasteiger partial charge in [0.25, 0.3) is 5.56 Å². The van der Waals surface area contributed by atoms with E-state index in [1.807, 2.05) is 48.5 Å². The third-order valence-electron chi connectivity index (χ3n) is 6.77. The molecular weight excluding hydrogens is 507 g/mol. The van der Waals surface area contributed by atoms with Gasteiger partial charge in [0, 0.05) is 41.7 Å². The fourth-order valence-corrected chi connectivity index (χ4v) is 4.98. The maximum absolute atomic E-state index is 13.4. The van der Waals surface area contributed by atoms with Crippen LogP contribution in [0, 0.1) is 12.7 Å². The van der Waals surface area contributed by atoms with Gasteiger partial charge in [-0.3, -0.25) is 9.36 Å². The van der Waals surface area contributed by atoms with E-state index in [-0.39, 0.29) is 11.4 Å². The van der Waals surface area contributed by atoms with E-state index in [0.29, 0.717) is 36.7 Å². The summed E-state index contributed by atoms with van der Waals surface area (Å²) >= 11 is 0. The average molecular weight is 561 g/mol. The Bertz CT molecular complexity index is 1180. The van der Waals surface area contributed by atoms with Gasteiger partial charge in [0.15, 0.2) is 5.58 Å². The monoisotopic (exact) mass is 560 g/mol. The lowest BCUT2D eigenvalue weighted by atomic mass is 9.91. The molecule has 1 atom stereocenters. The van der Waals surface area contributed by atoms with Crippen LogP contribution in [-0.4, -0.2) is 44.3 Å². The van der Waals surface area contributed by atoms with E-state index in [0.717, 1.165) is 61.2 Å². The van der Waals surface area contributed by atoms with Gasteiger partial charge in [-0.25, -0.2) is 9.37 Å². The van der Waals surface area contributed by atoms with Gasteiger partial charge in [-0.15, -0.1) is 0 Å². The normalized spacial score (nSPS) is 16.6. The molecule has 226 valence electrons. The van der Waals surface area contributed by atoms with Crippen molar-refractivity contribution in [2.24, 2.45) is 0 Å². The zero-order valence-electron chi connectivity index (χ0n) is 26.4. The number of aromatic nitrogens is 3. The Morgan fingerprint density at radius 1 is 1.02 bits per heavy atom. The molecule has 0 aliphatic carbocycles. The quantitative estimate of drug-likeness (QED) is 0.354. The SMILES string of the molecule is CC.CC.CC.CCC.Cc1nc2n(c(=O)c1CCN1CCC(c3noc4cc(F)ccc34)CC1)CCCC2O. The molecule has 2 aromatic heterocycles. The molecule has 1 unspecified atom stereocenters. The first-order chi connectivity index (χ1) is 19.4. The highest BCUT2D eigenvalue weighted by Crippen LogP contribution is 2.32. The first kappa shape index (κ1) is 35.4. The summed E-state index contributed by atoms with van der Waals surface area (Å²) in [7, 11) is 0. The molecule has 0 bridgehead atoms. The van der Waals surface area contributed by atoms with Crippen LogP contribution in [0.2, 0.25) is 0 Å². The summed E-state index contributed by atoms with van der Waals surface area (Å²) in [6, 6.07) is 4.58. The summed E-state index contributed by atoms with van der Waals surface area (Å²) in [5.74, 6) is 0.489. The van der Waals surface area contributed by atoms with Crippen LogP contribution in [0.4, 0.5) is 4.39 Å². The molecule has 1 fully saturated rings. The topological polar surface area (TPSA) is 84.4 Å². The van der Waals surface area contributed by atoms with E-state index in [4.69, 9.17) is 4.52 Å². The number of aliphatic hydroxyl groups is 1. The van der Waals surface area contributed by atoms with Crippen LogP contribution in [0.15, 0.2) is 27.5 Å². The minimum absolute atomic E-state index is 0.00237. The molecule has 8 heteroatoms. The van der Waals surface area contributed by atoms with E-state index in [2.05, 4.69) is 28.9 Å². The maximum Gasteiger partial charge on any atom is 0.257 e. The second-order valence-electron chi connectivity index (χ2n) is 9.43. The third kappa shape index (κ3) is 8.96. The molecule has 7 nitrogen and oxygen atoms in total. The van der Waals surface area contributed by atoms with E-state index in [1.165, 1.54) is 18.6 Å². The molecular formula is C32H53FN4O3. The van der Waals surface area contributed by atoms with Crippen molar-refractivity contribution < 1.29 is 14.0 Å². The predicted octanol–water partition coefficient (Wildman–Crippen LogP) is 7.58. The maximum atomic E-state index is 13.4. The molecule has 0 spiro atoms. The van der Waals surface area contributed by atoms with Crippen LogP contribution in [-0.2, 0) is 13.0 Å². The summed E-state index contributed by atoms with van der Waals surface area (Å²) in [6.45, 7) is 21.4. The van der Waals surface area contributed by atoms with E-state index in [9.17, 15) is 14.3 Å². The smallest absolute Gasteiger partial charge is 0.257 e. The second kappa shape index (κ2) is 18.7. The lowest BCUT2D eigenvalue weighted by molar-refractivity contribution is 0.129. The highest BCUT2D eigenvalue weighted by Gasteiger charge is 2.26. The molecule has 1 N–H and O–H groups in total. The van der Waals surface area contributed by atoms with Crippen molar-refractivity contribution in [2.75, 3.05) is 19.6 Å². The molecule has 4 heterocycles. The van der Waals surface area contributed by atoms with Gasteiger partial charge in [-0.1, -0.05) is 67.0 Å². The number of halogens is 1. The van der Waals surface area contributed by atoms with Crippen LogP contribution in [0.25, 0.3) is 11.0 Å². The largest absolute Gasteiger partial charge is 0.385 e. The number of piperidine rings is 1. The number of nitrogens with zero attached hydrogens (tertiary/aromatic N) is 4. The highest BCUT2D eigenvalue weighted by atomic mass is 19.1. The lowest BCUT2D eigenvalue weighted by Crippen LogP contribution is -2.37. The molecule has 2 aliphatic heterocycles. The fourth-order valence-electron chi connectivity index (χ4n) is 4.98. The molecule has 5 rings (SSSR count). The Kier molecular flexibility index (Phi) is 16.6. The summed E-state index contributed by atoms with van der Waals surface area (Å²) in [5, 5.41) is 15.3. The van der Waals surface area contributed by atoms with Crippen molar-refractivity contribution >= 4 is 11.0 Å². The number of rotatable bonds is 4. The molecule has 0 saturated carbocycles. The highest BCUT2D eigenvalue weighted by molar-refractivity contribution is 5.79. The second-order valence-corrected chi connectivity index (χ2v) is 9.43. The number of likely N-dealkylation sites (tertiary alicyclic amines) is 1. The molecule has 1 saturated heterocycles. The van der Waals surface area contributed by atoms with Crippen LogP contribution < -0.4 is 5.56 Å². The van der Waals surface area contributed by atoms with Crippen molar-refractivity contribution in [1.82, 2.24) is 19.6 Å². The lowest BCUT2D eigenvalue weighted by Gasteiger charge is -2.31. The van der Waals surface area contributed by atoms with Gasteiger partial charge in [0.2, 0.25) is 0 Å². The molecule has 0 amide bonds. The minimum atomic E-state index is -0.641. The minimum Gasteiger partial charge on any atom is -0.385 e. The van der Waals surface area contributed by atoms with Crippen molar-refractivity contribution in [2.45, 2.75) is 119 Å². The molecule has 3 aromatic rings. The van der Waals surface area contributed by atoms with Crippen molar-refractivity contribution in [3.8, 4) is 0 Å². The standard InChI is InChI=1S/C23H27FN4O3.C3H8.3C2H6/c1-14-17(23(30)28-9-2-3-19(29)22(28)25-14)8-12-27-10-6-15(7-11-27)21-18-5-4-16(24)13-20(18)31-26-21;1-3-2;3*1-2/h4-5,13,15,19,29H,2-3,6-12H2,1H3;3H2,1-2H3;3*1-2H3. The van der Waals surface area contributed by atoms with Crippen LogP contribution in [0.3, 0.4) is 0 Å². The summed E-state index contributed by atoms with van der Waals surface area (Å²) < 4.78 is 20.4. The van der Waals surface area contributed by atoms with Gasteiger partial charge < -0.3 is 14.5 Å². The van der Waals surface area contributed by atoms with E-state index < -0.39 is 6.10 Å². The number of aryl methyl sites for hydroxylation is 1. The third-order valence-corrected chi connectivity index (χ3v) is 6.77. The number of hydrogen-bond donors (Lipinski definition) is 1. The van der Waals surface area contributed by atoms with Gasteiger partial charge >= 0.3 is 0 Å². The van der Waals surface area contributed by atoms with Crippen LogP contribution in [0.5, 0.6) is 0 Å². The van der Waals surface area contributed by atoms with E-state index >= 15 is 0 Å². The van der Waals surface area contributed by atoms with Crippen LogP contribution >= 0.6 is 0 Å². The Morgan fingerprint density at radius 2 is 1.65 bits per heavy atom. The van der Waals surface area contributed by atoms with Gasteiger partial charge in [-0.2, -0.15) is 0 Å². The predicted molar refractivity (Wildman–Crippen MR) is 164 cm³/mol. The number of aliphatic hydroxyl groups excluding tert-OH is 1. The molecule has 40 heavy (non-hydrogen) atoms. The van der Waals surface area contributed by atoms with Crippen molar-refractivity contribution in [3.63, 3.8) is 0 Å². The molecule has 2 aliphatic rings. The number of fused-ring (bicyclic) bond motifs is 2. The van der Waals surface area contributed by atoms with Gasteiger partial charge in [-0.05, 0) is 64.3 Å². The summed E-state index contributed by atoms with van der Waals surface area (Å²) in [4.78, 5) is 19.9. The Balaban J connectivity index is 0.000000804. The zero-order chi connectivity index (χ0) is 30.2. The zero-order valence-corrected chi connectivity index (χ0v) is 26.4. The van der Waals surface area contributed by atoms with Gasteiger partial charge in [0.1, 0.15) is 17.7 Å². The van der Waals surface area contributed by atoms with E-state index in [1.54, 1.807) is 10.6 Å². The Morgan fingerprint density at radius 3 is 2.27 bits per heavy atom. The molecule has 1 aromatic carbocycles. The van der Waals surface area contributed by atoms with Crippen molar-refractivity contribution in [1.29, 1.82) is 0 Å². The number of hydrogen-bond acceptors (Lipinski definition) is 6. The average Bonchev–Trinajstić information content (AvgIpc) is 3.40. The summed E-state index contributed by atoms with van der Waals surface area (Å²) in [5.41, 5.74) is 2.90.